The number of hydrogen-bond donors (Lipinski definition) is 2. The van der Waals surface area contributed by atoms with Gasteiger partial charge in [-0.05, 0) is 31.0 Å². The van der Waals surface area contributed by atoms with Gasteiger partial charge >= 0.3 is 0 Å². The van der Waals surface area contributed by atoms with Gasteiger partial charge in [0.2, 0.25) is 5.91 Å². The molecule has 17 heavy (non-hydrogen) atoms. The Morgan fingerprint density at radius 3 is 3.00 bits per heavy atom. The zero-order chi connectivity index (χ0) is 12.0. The molecule has 0 saturated carbocycles. The van der Waals surface area contributed by atoms with Crippen molar-refractivity contribution >= 4 is 23.2 Å². The molecule has 2 heterocycles. The molecule has 0 aromatic heterocycles. The molecule has 1 fully saturated rings. The summed E-state index contributed by atoms with van der Waals surface area (Å²) in [5, 5.41) is 2.79. The average molecular weight is 231 g/mol. The summed E-state index contributed by atoms with van der Waals surface area (Å²) in [6.07, 6.45) is 1.61. The van der Waals surface area contributed by atoms with Gasteiger partial charge in [-0.25, -0.2) is 0 Å². The summed E-state index contributed by atoms with van der Waals surface area (Å²) < 4.78 is 0. The second-order valence-electron chi connectivity index (χ2n) is 4.45. The fraction of sp³-hybridized carbons (Fsp3) is 0.333. The number of carbonyl (C=O) groups is 2. The minimum atomic E-state index is -0.323. The first kappa shape index (κ1) is 10.1. The maximum Gasteiger partial charge on any atom is 0.256 e. The number of nitrogen functional groups attached to an aromatic ring is 1. The van der Waals surface area contributed by atoms with Crippen molar-refractivity contribution in [1.82, 2.24) is 4.90 Å². The summed E-state index contributed by atoms with van der Waals surface area (Å²) in [5.41, 5.74) is 7.26. The van der Waals surface area contributed by atoms with Gasteiger partial charge in [0.25, 0.3) is 5.91 Å². The molecular formula is C12H13N3O2. The van der Waals surface area contributed by atoms with Crippen LogP contribution in [0, 0.1) is 0 Å². The first-order chi connectivity index (χ1) is 8.16. The molecule has 0 radical (unpaired) electrons. The molecule has 5 nitrogen and oxygen atoms in total. The predicted octanol–water partition coefficient (Wildman–Crippen LogP) is 0.825. The van der Waals surface area contributed by atoms with E-state index in [0.29, 0.717) is 23.5 Å². The third-order valence-electron chi connectivity index (χ3n) is 3.35. The lowest BCUT2D eigenvalue weighted by molar-refractivity contribution is -0.119. The molecule has 2 aliphatic heterocycles. The first-order valence-corrected chi connectivity index (χ1v) is 5.68. The van der Waals surface area contributed by atoms with E-state index in [-0.39, 0.29) is 17.9 Å². The predicted molar refractivity (Wildman–Crippen MR) is 63.5 cm³/mol. The van der Waals surface area contributed by atoms with E-state index in [0.717, 1.165) is 12.8 Å². The Kier molecular flexibility index (Phi) is 2.07. The molecule has 1 atom stereocenters. The molecule has 0 aliphatic carbocycles. The SMILES string of the molecule is Nc1ccc2c(c1)C(=O)N1CCC[C@@H]1C(=O)N2. The van der Waals surface area contributed by atoms with Crippen LogP contribution in [0.25, 0.3) is 0 Å². The lowest BCUT2D eigenvalue weighted by Crippen LogP contribution is -2.40. The monoisotopic (exact) mass is 231 g/mol. The van der Waals surface area contributed by atoms with Crippen LogP contribution in [0.1, 0.15) is 23.2 Å². The van der Waals surface area contributed by atoms with Crippen molar-refractivity contribution in [3.05, 3.63) is 23.8 Å². The molecule has 3 N–H and O–H groups in total. The van der Waals surface area contributed by atoms with Gasteiger partial charge in [-0.2, -0.15) is 0 Å². The molecular weight excluding hydrogens is 218 g/mol. The minimum absolute atomic E-state index is 0.0978. The van der Waals surface area contributed by atoms with E-state index in [2.05, 4.69) is 5.32 Å². The average Bonchev–Trinajstić information content (AvgIpc) is 2.76. The Bertz CT molecular complexity index is 512. The van der Waals surface area contributed by atoms with Crippen molar-refractivity contribution in [2.45, 2.75) is 18.9 Å². The maximum atomic E-state index is 12.3. The van der Waals surface area contributed by atoms with E-state index in [9.17, 15) is 9.59 Å². The summed E-state index contributed by atoms with van der Waals surface area (Å²) in [5.74, 6) is -0.201. The summed E-state index contributed by atoms with van der Waals surface area (Å²) in [6.45, 7) is 0.644. The van der Waals surface area contributed by atoms with Crippen LogP contribution in [0.2, 0.25) is 0 Å². The highest BCUT2D eigenvalue weighted by molar-refractivity contribution is 6.10. The molecule has 0 spiro atoms. The lowest BCUT2D eigenvalue weighted by Gasteiger charge is -2.19. The molecule has 0 bridgehead atoms. The number of hydrogen-bond acceptors (Lipinski definition) is 3. The summed E-state index contributed by atoms with van der Waals surface area (Å²) in [4.78, 5) is 25.9. The van der Waals surface area contributed by atoms with Gasteiger partial charge in [-0.15, -0.1) is 0 Å². The molecule has 2 amide bonds. The van der Waals surface area contributed by atoms with Crippen LogP contribution in [0.5, 0.6) is 0 Å². The molecule has 3 rings (SSSR count). The fourth-order valence-corrected chi connectivity index (χ4v) is 2.50. The van der Waals surface area contributed by atoms with E-state index >= 15 is 0 Å². The summed E-state index contributed by atoms with van der Waals surface area (Å²) in [6, 6.07) is 4.67. The molecule has 1 saturated heterocycles. The van der Waals surface area contributed by atoms with E-state index < -0.39 is 0 Å². The smallest absolute Gasteiger partial charge is 0.256 e. The number of nitrogens with zero attached hydrogens (tertiary/aromatic N) is 1. The number of carbonyl (C=O) groups excluding carboxylic acids is 2. The molecule has 0 unspecified atom stereocenters. The van der Waals surface area contributed by atoms with Crippen LogP contribution in [-0.2, 0) is 4.79 Å². The van der Waals surface area contributed by atoms with Gasteiger partial charge in [-0.3, -0.25) is 9.59 Å². The van der Waals surface area contributed by atoms with Crippen LogP contribution in [0.3, 0.4) is 0 Å². The lowest BCUT2D eigenvalue weighted by atomic mass is 10.1. The van der Waals surface area contributed by atoms with Gasteiger partial charge in [0.1, 0.15) is 6.04 Å². The quantitative estimate of drug-likeness (QED) is 0.649. The number of fused-ring (bicyclic) bond motifs is 2. The van der Waals surface area contributed by atoms with Crippen LogP contribution in [0.4, 0.5) is 11.4 Å². The molecule has 88 valence electrons. The first-order valence-electron chi connectivity index (χ1n) is 5.68. The minimum Gasteiger partial charge on any atom is -0.399 e. The van der Waals surface area contributed by atoms with Crippen LogP contribution in [-0.4, -0.2) is 29.3 Å². The topological polar surface area (TPSA) is 75.4 Å². The van der Waals surface area contributed by atoms with E-state index in [1.807, 2.05) is 0 Å². The number of rotatable bonds is 0. The van der Waals surface area contributed by atoms with E-state index in [1.54, 1.807) is 23.1 Å². The number of benzene rings is 1. The standard InChI is InChI=1S/C12H13N3O2/c13-7-3-4-9-8(6-7)12(17)15-5-1-2-10(15)11(16)14-9/h3-4,6,10H,1-2,5,13H2,(H,14,16)/t10-/m1/s1. The van der Waals surface area contributed by atoms with Crippen molar-refractivity contribution in [3.8, 4) is 0 Å². The van der Waals surface area contributed by atoms with E-state index in [1.165, 1.54) is 0 Å². The highest BCUT2D eigenvalue weighted by Crippen LogP contribution is 2.29. The second kappa shape index (κ2) is 3.48. The Morgan fingerprint density at radius 1 is 1.35 bits per heavy atom. The molecule has 1 aromatic carbocycles. The van der Waals surface area contributed by atoms with Crippen LogP contribution >= 0.6 is 0 Å². The van der Waals surface area contributed by atoms with Gasteiger partial charge in [0.15, 0.2) is 0 Å². The Balaban J connectivity index is 2.12. The third kappa shape index (κ3) is 1.46. The highest BCUT2D eigenvalue weighted by atomic mass is 16.2. The molecule has 1 aromatic rings. The van der Waals surface area contributed by atoms with Crippen molar-refractivity contribution in [1.29, 1.82) is 0 Å². The Labute approximate surface area is 98.6 Å². The second-order valence-corrected chi connectivity index (χ2v) is 4.45. The van der Waals surface area contributed by atoms with Crippen molar-refractivity contribution in [2.24, 2.45) is 0 Å². The maximum absolute atomic E-state index is 12.3. The normalized spacial score (nSPS) is 22.8. The van der Waals surface area contributed by atoms with E-state index in [4.69, 9.17) is 5.73 Å². The van der Waals surface area contributed by atoms with Crippen LogP contribution in [0.15, 0.2) is 18.2 Å². The van der Waals surface area contributed by atoms with Gasteiger partial charge in [0, 0.05) is 12.2 Å². The summed E-state index contributed by atoms with van der Waals surface area (Å²) >= 11 is 0. The fourth-order valence-electron chi connectivity index (χ4n) is 2.50. The van der Waals surface area contributed by atoms with Crippen molar-refractivity contribution < 1.29 is 9.59 Å². The zero-order valence-corrected chi connectivity index (χ0v) is 9.27. The van der Waals surface area contributed by atoms with Gasteiger partial charge < -0.3 is 16.0 Å². The molecule has 2 aliphatic rings. The van der Waals surface area contributed by atoms with Gasteiger partial charge in [0.05, 0.1) is 11.3 Å². The molecule has 5 heteroatoms. The van der Waals surface area contributed by atoms with Crippen molar-refractivity contribution in [2.75, 3.05) is 17.6 Å². The summed E-state index contributed by atoms with van der Waals surface area (Å²) in [7, 11) is 0. The Hall–Kier alpha value is -2.04. The Morgan fingerprint density at radius 2 is 2.18 bits per heavy atom. The van der Waals surface area contributed by atoms with Gasteiger partial charge in [-0.1, -0.05) is 0 Å². The zero-order valence-electron chi connectivity index (χ0n) is 9.27. The largest absolute Gasteiger partial charge is 0.399 e. The van der Waals surface area contributed by atoms with Crippen LogP contribution < -0.4 is 11.1 Å². The number of anilines is 2. The van der Waals surface area contributed by atoms with Crippen molar-refractivity contribution in [3.63, 3.8) is 0 Å². The highest BCUT2D eigenvalue weighted by Gasteiger charge is 2.38. The third-order valence-corrected chi connectivity index (χ3v) is 3.35. The number of nitrogens with two attached hydrogens (primary N) is 1. The number of nitrogens with one attached hydrogen (secondary N) is 1. The number of amides is 2.